The minimum Gasteiger partial charge on any atom is -0.400 e. The molecule has 0 amide bonds. The first-order valence-corrected chi connectivity index (χ1v) is 7.91. The van der Waals surface area contributed by atoms with Crippen molar-refractivity contribution in [1.82, 2.24) is 0 Å². The molecule has 6 heteroatoms. The highest BCUT2D eigenvalue weighted by atomic mass is 32.1. The average Bonchev–Trinajstić information content (AvgIpc) is 2.65. The van der Waals surface area contributed by atoms with Crippen LogP contribution in [0.4, 0.5) is 0 Å². The Morgan fingerprint density at radius 1 is 1.18 bits per heavy atom. The van der Waals surface area contributed by atoms with Crippen molar-refractivity contribution in [3.05, 3.63) is 40.9 Å². The summed E-state index contributed by atoms with van der Waals surface area (Å²) in [5.41, 5.74) is 7.42. The van der Waals surface area contributed by atoms with E-state index in [1.165, 1.54) is 0 Å². The standard InChI is InChI=1S/C16H23BN2O2S/c1-15(2)16(3,4)21-17(20-15)13(10-22)9-11-5-7-12(8-6-11)14(18)19/h5-9,22H,10H2,1-4H3,(H3,18,19). The van der Waals surface area contributed by atoms with Gasteiger partial charge in [-0.05, 0) is 38.7 Å². The third-order valence-electron chi connectivity index (χ3n) is 4.31. The normalized spacial score (nSPS) is 20.2. The number of hydrogen-bond acceptors (Lipinski definition) is 4. The molecule has 1 aliphatic rings. The lowest BCUT2D eigenvalue weighted by Gasteiger charge is -2.32. The summed E-state index contributed by atoms with van der Waals surface area (Å²) in [6, 6.07) is 7.50. The van der Waals surface area contributed by atoms with Crippen LogP contribution in [-0.2, 0) is 9.31 Å². The Kier molecular flexibility index (Phi) is 4.75. The zero-order valence-electron chi connectivity index (χ0n) is 13.5. The maximum atomic E-state index is 7.42. The summed E-state index contributed by atoms with van der Waals surface area (Å²) in [6.45, 7) is 8.13. The van der Waals surface area contributed by atoms with Crippen LogP contribution in [-0.4, -0.2) is 29.9 Å². The van der Waals surface area contributed by atoms with E-state index in [2.05, 4.69) is 12.6 Å². The van der Waals surface area contributed by atoms with Crippen molar-refractivity contribution < 1.29 is 9.31 Å². The highest BCUT2D eigenvalue weighted by Crippen LogP contribution is 2.38. The molecular formula is C16H23BN2O2S. The molecule has 0 aliphatic carbocycles. The van der Waals surface area contributed by atoms with Gasteiger partial charge >= 0.3 is 7.12 Å². The van der Waals surface area contributed by atoms with Gasteiger partial charge < -0.3 is 15.0 Å². The van der Waals surface area contributed by atoms with E-state index in [0.29, 0.717) is 11.3 Å². The summed E-state index contributed by atoms with van der Waals surface area (Å²) in [5, 5.41) is 7.42. The molecule has 4 nitrogen and oxygen atoms in total. The summed E-state index contributed by atoms with van der Waals surface area (Å²) < 4.78 is 12.1. The number of nitrogen functional groups attached to an aromatic ring is 1. The van der Waals surface area contributed by atoms with Gasteiger partial charge in [-0.1, -0.05) is 30.3 Å². The first kappa shape index (κ1) is 17.1. The SMILES string of the molecule is CC1(C)OB(C(=Cc2ccc(C(=N)N)cc2)CS)OC1(C)C. The van der Waals surface area contributed by atoms with Gasteiger partial charge in [0.15, 0.2) is 0 Å². The molecule has 22 heavy (non-hydrogen) atoms. The summed E-state index contributed by atoms with van der Waals surface area (Å²) in [4.78, 5) is 0. The molecule has 1 aromatic carbocycles. The molecule has 1 saturated heterocycles. The Labute approximate surface area is 138 Å². The third-order valence-corrected chi connectivity index (χ3v) is 4.68. The van der Waals surface area contributed by atoms with E-state index in [9.17, 15) is 0 Å². The second-order valence-corrected chi connectivity index (χ2v) is 6.82. The molecular weight excluding hydrogens is 295 g/mol. The first-order chi connectivity index (χ1) is 10.2. The molecule has 0 atom stereocenters. The number of amidine groups is 1. The van der Waals surface area contributed by atoms with Crippen LogP contribution >= 0.6 is 12.6 Å². The first-order valence-electron chi connectivity index (χ1n) is 7.28. The van der Waals surface area contributed by atoms with Gasteiger partial charge in [0.2, 0.25) is 0 Å². The number of thiol groups is 1. The lowest BCUT2D eigenvalue weighted by atomic mass is 9.78. The lowest BCUT2D eigenvalue weighted by molar-refractivity contribution is 0.00578. The zero-order valence-corrected chi connectivity index (χ0v) is 14.4. The summed E-state index contributed by atoms with van der Waals surface area (Å²) in [7, 11) is -0.394. The van der Waals surface area contributed by atoms with Gasteiger partial charge in [-0.2, -0.15) is 12.6 Å². The van der Waals surface area contributed by atoms with Crippen molar-refractivity contribution in [1.29, 1.82) is 5.41 Å². The highest BCUT2D eigenvalue weighted by Gasteiger charge is 2.52. The van der Waals surface area contributed by atoms with Crippen LogP contribution in [0.3, 0.4) is 0 Å². The van der Waals surface area contributed by atoms with Crippen LogP contribution in [0.25, 0.3) is 6.08 Å². The number of benzene rings is 1. The Bertz CT molecular complexity index is 581. The molecule has 118 valence electrons. The second-order valence-electron chi connectivity index (χ2n) is 6.50. The van der Waals surface area contributed by atoms with Gasteiger partial charge in [0, 0.05) is 11.3 Å². The van der Waals surface area contributed by atoms with Crippen LogP contribution in [0, 0.1) is 5.41 Å². The molecule has 1 aliphatic heterocycles. The van der Waals surface area contributed by atoms with Crippen molar-refractivity contribution >= 4 is 31.7 Å². The molecule has 2 rings (SSSR count). The van der Waals surface area contributed by atoms with E-state index in [-0.39, 0.29) is 17.0 Å². The molecule has 1 heterocycles. The number of nitrogens with one attached hydrogen (secondary N) is 1. The summed E-state index contributed by atoms with van der Waals surface area (Å²) in [5.74, 6) is 0.613. The Hall–Kier alpha value is -1.24. The van der Waals surface area contributed by atoms with Crippen LogP contribution in [0.2, 0.25) is 0 Å². The minimum absolute atomic E-state index is 0.0657. The molecule has 0 saturated carbocycles. The quantitative estimate of drug-likeness (QED) is 0.346. The smallest absolute Gasteiger partial charge is 0.400 e. The Balaban J connectivity index is 2.23. The second kappa shape index (κ2) is 6.10. The molecule has 0 bridgehead atoms. The fourth-order valence-electron chi connectivity index (χ4n) is 2.16. The van der Waals surface area contributed by atoms with Gasteiger partial charge in [-0.3, -0.25) is 5.41 Å². The van der Waals surface area contributed by atoms with E-state index < -0.39 is 7.12 Å². The van der Waals surface area contributed by atoms with E-state index in [1.54, 1.807) is 0 Å². The Morgan fingerprint density at radius 3 is 2.09 bits per heavy atom. The topological polar surface area (TPSA) is 68.3 Å². The molecule has 0 radical (unpaired) electrons. The molecule has 0 unspecified atom stereocenters. The predicted octanol–water partition coefficient (Wildman–Crippen LogP) is 2.92. The molecule has 0 spiro atoms. The fraction of sp³-hybridized carbons (Fsp3) is 0.438. The van der Waals surface area contributed by atoms with Crippen LogP contribution in [0.15, 0.2) is 29.7 Å². The summed E-state index contributed by atoms with van der Waals surface area (Å²) >= 11 is 4.41. The third kappa shape index (κ3) is 3.40. The van der Waals surface area contributed by atoms with E-state index >= 15 is 0 Å². The van der Waals surface area contributed by atoms with Gasteiger partial charge in [-0.25, -0.2) is 0 Å². The van der Waals surface area contributed by atoms with Gasteiger partial charge in [0.05, 0.1) is 11.2 Å². The number of nitrogens with two attached hydrogens (primary N) is 1. The largest absolute Gasteiger partial charge is 0.491 e. The van der Waals surface area contributed by atoms with Crippen LogP contribution in [0.5, 0.6) is 0 Å². The van der Waals surface area contributed by atoms with Gasteiger partial charge in [0.1, 0.15) is 5.84 Å². The lowest BCUT2D eigenvalue weighted by Crippen LogP contribution is -2.41. The maximum Gasteiger partial charge on any atom is 0.491 e. The molecule has 1 fully saturated rings. The number of hydrogen-bond donors (Lipinski definition) is 3. The summed E-state index contributed by atoms with van der Waals surface area (Å²) in [6.07, 6.45) is 2.01. The predicted molar refractivity (Wildman–Crippen MR) is 95.4 cm³/mol. The zero-order chi connectivity index (χ0) is 16.5. The van der Waals surface area contributed by atoms with Crippen LogP contribution in [0.1, 0.15) is 38.8 Å². The number of rotatable bonds is 4. The van der Waals surface area contributed by atoms with E-state index in [1.807, 2.05) is 58.0 Å². The maximum absolute atomic E-state index is 7.42. The van der Waals surface area contributed by atoms with Crippen molar-refractivity contribution in [2.45, 2.75) is 38.9 Å². The average molecular weight is 318 g/mol. The minimum atomic E-state index is -0.394. The highest BCUT2D eigenvalue weighted by molar-refractivity contribution is 7.80. The van der Waals surface area contributed by atoms with Crippen molar-refractivity contribution in [2.24, 2.45) is 5.73 Å². The molecule has 3 N–H and O–H groups in total. The Morgan fingerprint density at radius 2 is 1.68 bits per heavy atom. The molecule has 0 aromatic heterocycles. The molecule has 1 aromatic rings. The van der Waals surface area contributed by atoms with Crippen LogP contribution < -0.4 is 5.73 Å². The van der Waals surface area contributed by atoms with Crippen molar-refractivity contribution in [2.75, 3.05) is 5.75 Å². The van der Waals surface area contributed by atoms with Crippen molar-refractivity contribution in [3.8, 4) is 0 Å². The van der Waals surface area contributed by atoms with E-state index in [4.69, 9.17) is 20.5 Å². The van der Waals surface area contributed by atoms with E-state index in [0.717, 1.165) is 11.0 Å². The van der Waals surface area contributed by atoms with Gasteiger partial charge in [-0.15, -0.1) is 0 Å². The fourth-order valence-corrected chi connectivity index (χ4v) is 2.40. The van der Waals surface area contributed by atoms with Crippen molar-refractivity contribution in [3.63, 3.8) is 0 Å². The monoisotopic (exact) mass is 318 g/mol. The van der Waals surface area contributed by atoms with Gasteiger partial charge in [0.25, 0.3) is 0 Å².